The Hall–Kier alpha value is -2.20. The number of carbonyl (C=O) groups is 1. The lowest BCUT2D eigenvalue weighted by molar-refractivity contribution is 0.252. The SMILES string of the molecule is Cc1cccc(NC(=O)NCCCN=[N+]=[N-])c1. The number of amides is 2. The van der Waals surface area contributed by atoms with E-state index in [1.54, 1.807) is 0 Å². The monoisotopic (exact) mass is 233 g/mol. The van der Waals surface area contributed by atoms with E-state index in [4.69, 9.17) is 5.53 Å². The van der Waals surface area contributed by atoms with Crippen LogP contribution in [0.4, 0.5) is 10.5 Å². The Morgan fingerprint density at radius 2 is 2.35 bits per heavy atom. The average Bonchev–Trinajstić information content (AvgIpc) is 2.29. The quantitative estimate of drug-likeness (QED) is 0.348. The second kappa shape index (κ2) is 7.14. The van der Waals surface area contributed by atoms with Crippen LogP contribution in [0, 0.1) is 6.92 Å². The first-order valence-corrected chi connectivity index (χ1v) is 5.35. The molecular weight excluding hydrogens is 218 g/mol. The van der Waals surface area contributed by atoms with Crippen LogP contribution in [0.2, 0.25) is 0 Å². The summed E-state index contributed by atoms with van der Waals surface area (Å²) < 4.78 is 0. The largest absolute Gasteiger partial charge is 0.338 e. The standard InChI is InChI=1S/C11H15N5O/c1-9-4-2-5-10(8-9)15-11(17)13-6-3-7-14-16-12/h2,4-5,8H,3,6-7H2,1H3,(H2,13,15,17). The summed E-state index contributed by atoms with van der Waals surface area (Å²) in [5, 5.41) is 8.77. The zero-order valence-corrected chi connectivity index (χ0v) is 9.68. The molecule has 90 valence electrons. The van der Waals surface area contributed by atoms with Gasteiger partial charge in [0.05, 0.1) is 0 Å². The molecule has 0 fully saturated rings. The summed E-state index contributed by atoms with van der Waals surface area (Å²) >= 11 is 0. The summed E-state index contributed by atoms with van der Waals surface area (Å²) in [5.41, 5.74) is 9.90. The van der Waals surface area contributed by atoms with Crippen molar-refractivity contribution in [2.75, 3.05) is 18.4 Å². The Bertz CT molecular complexity index is 426. The van der Waals surface area contributed by atoms with Crippen LogP contribution >= 0.6 is 0 Å². The molecule has 0 bridgehead atoms. The van der Waals surface area contributed by atoms with Crippen molar-refractivity contribution in [2.24, 2.45) is 5.11 Å². The third kappa shape index (κ3) is 5.44. The van der Waals surface area contributed by atoms with Crippen LogP contribution in [0.3, 0.4) is 0 Å². The van der Waals surface area contributed by atoms with E-state index in [2.05, 4.69) is 20.7 Å². The van der Waals surface area contributed by atoms with E-state index < -0.39 is 0 Å². The number of benzene rings is 1. The number of nitrogens with zero attached hydrogens (tertiary/aromatic N) is 3. The van der Waals surface area contributed by atoms with Gasteiger partial charge in [-0.2, -0.15) is 0 Å². The highest BCUT2D eigenvalue weighted by molar-refractivity contribution is 5.89. The molecule has 17 heavy (non-hydrogen) atoms. The minimum Gasteiger partial charge on any atom is -0.338 e. The van der Waals surface area contributed by atoms with Gasteiger partial charge in [0.2, 0.25) is 0 Å². The molecule has 1 rings (SSSR count). The number of carbonyl (C=O) groups excluding carboxylic acids is 1. The lowest BCUT2D eigenvalue weighted by atomic mass is 10.2. The van der Waals surface area contributed by atoms with Crippen LogP contribution in [-0.4, -0.2) is 19.1 Å². The molecule has 2 amide bonds. The predicted octanol–water partition coefficient (Wildman–Crippen LogP) is 2.82. The van der Waals surface area contributed by atoms with Crippen LogP contribution in [0.5, 0.6) is 0 Å². The van der Waals surface area contributed by atoms with Crippen molar-refractivity contribution in [1.82, 2.24) is 5.32 Å². The molecule has 0 spiro atoms. The molecule has 1 aromatic rings. The second-order valence-electron chi connectivity index (χ2n) is 3.56. The number of aryl methyl sites for hydroxylation is 1. The fourth-order valence-electron chi connectivity index (χ4n) is 1.29. The summed E-state index contributed by atoms with van der Waals surface area (Å²) in [4.78, 5) is 14.1. The smallest absolute Gasteiger partial charge is 0.319 e. The number of anilines is 1. The van der Waals surface area contributed by atoms with Gasteiger partial charge in [0.25, 0.3) is 0 Å². The van der Waals surface area contributed by atoms with Gasteiger partial charge in [0.1, 0.15) is 0 Å². The second-order valence-corrected chi connectivity index (χ2v) is 3.56. The molecule has 0 unspecified atom stereocenters. The maximum atomic E-state index is 11.4. The number of hydrogen-bond donors (Lipinski definition) is 2. The van der Waals surface area contributed by atoms with Crippen molar-refractivity contribution in [3.05, 3.63) is 40.3 Å². The number of nitrogens with one attached hydrogen (secondary N) is 2. The van der Waals surface area contributed by atoms with E-state index in [9.17, 15) is 4.79 Å². The fraction of sp³-hybridized carbons (Fsp3) is 0.364. The Balaban J connectivity index is 2.27. The molecule has 6 nitrogen and oxygen atoms in total. The average molecular weight is 233 g/mol. The van der Waals surface area contributed by atoms with Gasteiger partial charge in [-0.05, 0) is 36.6 Å². The molecule has 0 saturated carbocycles. The summed E-state index contributed by atoms with van der Waals surface area (Å²) in [6, 6.07) is 7.30. The zero-order valence-electron chi connectivity index (χ0n) is 9.68. The number of azide groups is 1. The normalized spacial score (nSPS) is 9.24. The molecule has 2 N–H and O–H groups in total. The molecule has 0 atom stereocenters. The first-order chi connectivity index (χ1) is 8.22. The molecule has 0 aromatic heterocycles. The van der Waals surface area contributed by atoms with Gasteiger partial charge in [-0.3, -0.25) is 0 Å². The minimum atomic E-state index is -0.253. The van der Waals surface area contributed by atoms with Gasteiger partial charge >= 0.3 is 6.03 Å². The molecule has 0 aliphatic rings. The van der Waals surface area contributed by atoms with Crippen LogP contribution in [0.25, 0.3) is 10.4 Å². The molecule has 6 heteroatoms. The first-order valence-electron chi connectivity index (χ1n) is 5.35. The topological polar surface area (TPSA) is 89.9 Å². The van der Waals surface area contributed by atoms with Crippen molar-refractivity contribution < 1.29 is 4.79 Å². The molecular formula is C11H15N5O. The number of urea groups is 1. The van der Waals surface area contributed by atoms with E-state index in [0.29, 0.717) is 19.5 Å². The van der Waals surface area contributed by atoms with Crippen LogP contribution < -0.4 is 10.6 Å². The van der Waals surface area contributed by atoms with Gasteiger partial charge in [-0.1, -0.05) is 17.2 Å². The number of hydrogen-bond acceptors (Lipinski definition) is 2. The molecule has 0 aliphatic carbocycles. The Morgan fingerprint density at radius 3 is 3.06 bits per heavy atom. The van der Waals surface area contributed by atoms with Crippen LogP contribution in [0.1, 0.15) is 12.0 Å². The first kappa shape index (κ1) is 12.9. The molecule has 0 saturated heterocycles. The molecule has 0 heterocycles. The van der Waals surface area contributed by atoms with Gasteiger partial charge in [0, 0.05) is 23.7 Å². The summed E-state index contributed by atoms with van der Waals surface area (Å²) in [7, 11) is 0. The molecule has 0 radical (unpaired) electrons. The van der Waals surface area contributed by atoms with Crippen molar-refractivity contribution in [3.63, 3.8) is 0 Å². The van der Waals surface area contributed by atoms with E-state index in [1.807, 2.05) is 31.2 Å². The third-order valence-corrected chi connectivity index (χ3v) is 2.06. The minimum absolute atomic E-state index is 0.253. The van der Waals surface area contributed by atoms with Crippen molar-refractivity contribution >= 4 is 11.7 Å². The van der Waals surface area contributed by atoms with E-state index in [1.165, 1.54) is 0 Å². The highest BCUT2D eigenvalue weighted by Crippen LogP contribution is 2.08. The zero-order chi connectivity index (χ0) is 12.5. The molecule has 0 aliphatic heterocycles. The summed E-state index contributed by atoms with van der Waals surface area (Å²) in [6.45, 7) is 2.83. The van der Waals surface area contributed by atoms with E-state index in [0.717, 1.165) is 11.3 Å². The number of rotatable bonds is 5. The van der Waals surface area contributed by atoms with Crippen molar-refractivity contribution in [3.8, 4) is 0 Å². The maximum absolute atomic E-state index is 11.4. The Kier molecular flexibility index (Phi) is 5.40. The highest BCUT2D eigenvalue weighted by Gasteiger charge is 2.00. The van der Waals surface area contributed by atoms with Gasteiger partial charge in [0.15, 0.2) is 0 Å². The van der Waals surface area contributed by atoms with Gasteiger partial charge < -0.3 is 10.6 Å². The summed E-state index contributed by atoms with van der Waals surface area (Å²) in [5.74, 6) is 0. The Morgan fingerprint density at radius 1 is 1.53 bits per heavy atom. The van der Waals surface area contributed by atoms with Crippen molar-refractivity contribution in [2.45, 2.75) is 13.3 Å². The van der Waals surface area contributed by atoms with E-state index >= 15 is 0 Å². The lowest BCUT2D eigenvalue weighted by Crippen LogP contribution is -2.29. The maximum Gasteiger partial charge on any atom is 0.319 e. The van der Waals surface area contributed by atoms with Crippen molar-refractivity contribution in [1.29, 1.82) is 0 Å². The summed E-state index contributed by atoms with van der Waals surface area (Å²) in [6.07, 6.45) is 0.630. The highest BCUT2D eigenvalue weighted by atomic mass is 16.2. The Labute approximate surface area is 99.7 Å². The fourth-order valence-corrected chi connectivity index (χ4v) is 1.29. The van der Waals surface area contributed by atoms with Crippen LogP contribution in [0.15, 0.2) is 29.4 Å². The lowest BCUT2D eigenvalue weighted by Gasteiger charge is -2.07. The molecule has 1 aromatic carbocycles. The van der Waals surface area contributed by atoms with Crippen LogP contribution in [-0.2, 0) is 0 Å². The van der Waals surface area contributed by atoms with E-state index in [-0.39, 0.29) is 6.03 Å². The van der Waals surface area contributed by atoms with Gasteiger partial charge in [-0.15, -0.1) is 0 Å². The third-order valence-electron chi connectivity index (χ3n) is 2.06. The predicted molar refractivity (Wildman–Crippen MR) is 66.8 cm³/mol. The van der Waals surface area contributed by atoms with Gasteiger partial charge in [-0.25, -0.2) is 4.79 Å².